The van der Waals surface area contributed by atoms with Gasteiger partial charge in [-0.05, 0) is 98.9 Å². The summed E-state index contributed by atoms with van der Waals surface area (Å²) in [7, 11) is 1.45. The van der Waals surface area contributed by atoms with Crippen LogP contribution in [0.3, 0.4) is 0 Å². The fourth-order valence-electron chi connectivity index (χ4n) is 6.51. The third kappa shape index (κ3) is 11.4. The zero-order valence-corrected chi connectivity index (χ0v) is 29.3. The van der Waals surface area contributed by atoms with Crippen LogP contribution in [-0.4, -0.2) is 54.5 Å². The van der Waals surface area contributed by atoms with Gasteiger partial charge in [-0.25, -0.2) is 9.97 Å². The van der Waals surface area contributed by atoms with Gasteiger partial charge in [0.25, 0.3) is 0 Å². The van der Waals surface area contributed by atoms with Crippen molar-refractivity contribution in [3.8, 4) is 5.75 Å². The van der Waals surface area contributed by atoms with Crippen molar-refractivity contribution in [2.45, 2.75) is 77.1 Å². The number of halogens is 9. The minimum atomic E-state index is -5.14. The van der Waals surface area contributed by atoms with Crippen LogP contribution in [0, 0.1) is 11.8 Å². The SMILES string of the molecule is CCN(C[C@H]1CC[C@H](CC(=O)O)CC1)c1ccc(C(F)(F)F)cc1CN(c1ncc(OCCOC)cn1)C(C)c1cc(C(F)(F)F)cc(C(F)(F)F)c1. The minimum Gasteiger partial charge on any atom is -0.488 e. The van der Waals surface area contributed by atoms with Crippen molar-refractivity contribution in [2.24, 2.45) is 11.8 Å². The van der Waals surface area contributed by atoms with E-state index in [1.165, 1.54) is 37.4 Å². The Bertz CT molecular complexity index is 1630. The lowest BCUT2D eigenvalue weighted by molar-refractivity contribution is -0.143. The number of methoxy groups -OCH3 is 1. The minimum absolute atomic E-state index is 0.00236. The van der Waals surface area contributed by atoms with E-state index in [9.17, 15) is 49.4 Å². The summed E-state index contributed by atoms with van der Waals surface area (Å²) in [5, 5.41) is 9.18. The second-order valence-corrected chi connectivity index (χ2v) is 13.1. The Balaban J connectivity index is 1.80. The van der Waals surface area contributed by atoms with Crippen molar-refractivity contribution in [1.29, 1.82) is 0 Å². The molecule has 292 valence electrons. The van der Waals surface area contributed by atoms with Gasteiger partial charge in [-0.1, -0.05) is 0 Å². The molecule has 0 amide bonds. The summed E-state index contributed by atoms with van der Waals surface area (Å²) in [4.78, 5) is 22.8. The van der Waals surface area contributed by atoms with E-state index >= 15 is 0 Å². The summed E-state index contributed by atoms with van der Waals surface area (Å²) in [5.41, 5.74) is -4.06. The number of hydrogen-bond donors (Lipinski definition) is 1. The van der Waals surface area contributed by atoms with E-state index < -0.39 is 59.3 Å². The Hall–Kier alpha value is -4.28. The number of carboxylic acid groups (broad SMARTS) is 1. The van der Waals surface area contributed by atoms with Gasteiger partial charge >= 0.3 is 24.5 Å². The summed E-state index contributed by atoms with van der Waals surface area (Å²) in [6.45, 7) is 3.81. The van der Waals surface area contributed by atoms with Crippen molar-refractivity contribution < 1.29 is 58.9 Å². The monoisotopic (exact) mass is 764 g/mol. The molecule has 1 saturated carbocycles. The van der Waals surface area contributed by atoms with Crippen LogP contribution in [0.5, 0.6) is 5.75 Å². The standard InChI is InChI=1S/C36H41F9N4O4/c1-4-48(20-24-7-5-23(6-8-24)13-32(50)51)31-10-9-27(34(37,38)39)16-26(31)21-49(33-46-18-30(19-47-33)53-12-11-52-3)22(2)25-14-28(35(40,41)42)17-29(15-25)36(43,44)45/h9-10,14-19,22-24H,4-8,11-13,20-21H2,1-3H3,(H,50,51)/t22?,23-,24-. The highest BCUT2D eigenvalue weighted by atomic mass is 19.4. The Morgan fingerprint density at radius 1 is 0.849 bits per heavy atom. The van der Waals surface area contributed by atoms with Gasteiger partial charge in [0.1, 0.15) is 6.61 Å². The maximum absolute atomic E-state index is 14.1. The molecule has 1 heterocycles. The van der Waals surface area contributed by atoms with Gasteiger partial charge in [0.05, 0.1) is 41.7 Å². The highest BCUT2D eigenvalue weighted by Gasteiger charge is 2.38. The van der Waals surface area contributed by atoms with Crippen molar-refractivity contribution in [2.75, 3.05) is 43.2 Å². The van der Waals surface area contributed by atoms with Crippen LogP contribution in [0.15, 0.2) is 48.8 Å². The summed E-state index contributed by atoms with van der Waals surface area (Å²) >= 11 is 0. The van der Waals surface area contributed by atoms with Gasteiger partial charge in [0, 0.05) is 38.9 Å². The molecule has 1 aromatic heterocycles. The molecule has 1 fully saturated rings. The summed E-state index contributed by atoms with van der Waals surface area (Å²) in [6, 6.07) is 2.96. The number of benzene rings is 2. The fourth-order valence-corrected chi connectivity index (χ4v) is 6.51. The maximum Gasteiger partial charge on any atom is 0.416 e. The molecule has 0 spiro atoms. The second-order valence-electron chi connectivity index (χ2n) is 13.1. The number of alkyl halides is 9. The second kappa shape index (κ2) is 17.2. The molecule has 1 aliphatic rings. The van der Waals surface area contributed by atoms with Crippen molar-refractivity contribution in [1.82, 2.24) is 9.97 Å². The number of aromatic nitrogens is 2. The van der Waals surface area contributed by atoms with Gasteiger partial charge in [-0.2, -0.15) is 39.5 Å². The van der Waals surface area contributed by atoms with Gasteiger partial charge in [0.15, 0.2) is 5.75 Å². The topological polar surface area (TPSA) is 88.0 Å². The zero-order chi connectivity index (χ0) is 39.1. The number of rotatable bonds is 15. The van der Waals surface area contributed by atoms with E-state index in [-0.39, 0.29) is 54.8 Å². The molecular weight excluding hydrogens is 723 g/mol. The van der Waals surface area contributed by atoms with Crippen molar-refractivity contribution in [3.63, 3.8) is 0 Å². The molecule has 1 atom stereocenters. The van der Waals surface area contributed by atoms with Crippen molar-refractivity contribution in [3.05, 3.63) is 76.6 Å². The number of carbonyl (C=O) groups is 1. The number of carboxylic acids is 1. The predicted octanol–water partition coefficient (Wildman–Crippen LogP) is 9.43. The van der Waals surface area contributed by atoms with Crippen LogP contribution in [0.4, 0.5) is 51.1 Å². The molecular formula is C36H41F9N4O4. The van der Waals surface area contributed by atoms with E-state index in [1.807, 2.05) is 11.8 Å². The fraction of sp³-hybridized carbons (Fsp3) is 0.528. The number of hydrogen-bond acceptors (Lipinski definition) is 7. The molecule has 1 aliphatic carbocycles. The first-order valence-electron chi connectivity index (χ1n) is 17.0. The van der Waals surface area contributed by atoms with Crippen LogP contribution in [0.2, 0.25) is 0 Å². The molecule has 4 rings (SSSR count). The lowest BCUT2D eigenvalue weighted by Crippen LogP contribution is -2.34. The maximum atomic E-state index is 14.1. The Kier molecular flexibility index (Phi) is 13.5. The van der Waals surface area contributed by atoms with Crippen molar-refractivity contribution >= 4 is 17.6 Å². The zero-order valence-electron chi connectivity index (χ0n) is 29.3. The lowest BCUT2D eigenvalue weighted by Gasteiger charge is -2.36. The van der Waals surface area contributed by atoms with E-state index in [1.54, 1.807) is 0 Å². The van der Waals surface area contributed by atoms with Gasteiger partial charge < -0.3 is 24.4 Å². The molecule has 0 bridgehead atoms. The highest BCUT2D eigenvalue weighted by molar-refractivity contribution is 5.67. The smallest absolute Gasteiger partial charge is 0.416 e. The van der Waals surface area contributed by atoms with E-state index in [4.69, 9.17) is 9.47 Å². The molecule has 2 aromatic carbocycles. The number of aliphatic carboxylic acids is 1. The summed E-state index contributed by atoms with van der Waals surface area (Å²) in [6.07, 6.45) is -9.76. The number of ether oxygens (including phenoxy) is 2. The number of nitrogens with zero attached hydrogens (tertiary/aromatic N) is 4. The van der Waals surface area contributed by atoms with E-state index in [0.29, 0.717) is 56.6 Å². The van der Waals surface area contributed by atoms with Crippen LogP contribution in [0.25, 0.3) is 0 Å². The number of anilines is 2. The summed E-state index contributed by atoms with van der Waals surface area (Å²) < 4.78 is 136. The quantitative estimate of drug-likeness (QED) is 0.121. The highest BCUT2D eigenvalue weighted by Crippen LogP contribution is 2.41. The Labute approximate surface area is 300 Å². The average Bonchev–Trinajstić information content (AvgIpc) is 3.09. The normalized spacial score (nSPS) is 17.4. The Morgan fingerprint density at radius 3 is 1.92 bits per heavy atom. The lowest BCUT2D eigenvalue weighted by atomic mass is 9.80. The average molecular weight is 765 g/mol. The molecule has 53 heavy (non-hydrogen) atoms. The van der Waals surface area contributed by atoms with Crippen LogP contribution in [0.1, 0.15) is 79.8 Å². The third-order valence-corrected chi connectivity index (χ3v) is 9.37. The van der Waals surface area contributed by atoms with E-state index in [2.05, 4.69) is 9.97 Å². The first-order chi connectivity index (χ1) is 24.8. The largest absolute Gasteiger partial charge is 0.488 e. The van der Waals surface area contributed by atoms with Gasteiger partial charge in [-0.3, -0.25) is 4.79 Å². The molecule has 1 N–H and O–H groups in total. The molecule has 0 aliphatic heterocycles. The first kappa shape index (κ1) is 41.5. The molecule has 1 unspecified atom stereocenters. The first-order valence-corrected chi connectivity index (χ1v) is 17.0. The van der Waals surface area contributed by atoms with Crippen LogP contribution < -0.4 is 14.5 Å². The van der Waals surface area contributed by atoms with Crippen LogP contribution in [-0.2, 0) is 34.6 Å². The summed E-state index contributed by atoms with van der Waals surface area (Å²) in [5.74, 6) is -0.766. The van der Waals surface area contributed by atoms with E-state index in [0.717, 1.165) is 12.1 Å². The molecule has 17 heteroatoms. The third-order valence-electron chi connectivity index (χ3n) is 9.37. The molecule has 0 saturated heterocycles. The Morgan fingerprint density at radius 2 is 1.42 bits per heavy atom. The molecule has 3 aromatic rings. The molecule has 0 radical (unpaired) electrons. The van der Waals surface area contributed by atoms with Gasteiger partial charge in [-0.15, -0.1) is 0 Å². The van der Waals surface area contributed by atoms with Crippen LogP contribution >= 0.6 is 0 Å². The predicted molar refractivity (Wildman–Crippen MR) is 177 cm³/mol. The molecule has 8 nitrogen and oxygen atoms in total. The van der Waals surface area contributed by atoms with Gasteiger partial charge in [0.2, 0.25) is 5.95 Å².